The highest BCUT2D eigenvalue weighted by Gasteiger charge is 2.31. The van der Waals surface area contributed by atoms with Crippen LogP contribution in [-0.2, 0) is 6.18 Å². The van der Waals surface area contributed by atoms with Gasteiger partial charge in [0.05, 0.1) is 11.1 Å². The van der Waals surface area contributed by atoms with Crippen LogP contribution in [0.15, 0.2) is 18.2 Å². The number of ether oxygens (including phenoxy) is 1. The normalized spacial score (nSPS) is 12.1. The van der Waals surface area contributed by atoms with E-state index in [0.29, 0.717) is 6.42 Å². The predicted octanol–water partition coefficient (Wildman–Crippen LogP) is 4.14. The lowest BCUT2D eigenvalue weighted by Crippen LogP contribution is -2.27. The molecule has 0 N–H and O–H groups in total. The van der Waals surface area contributed by atoms with Crippen molar-refractivity contribution < 1.29 is 17.9 Å². The fraction of sp³-hybridized carbons (Fsp3) is 0.462. The van der Waals surface area contributed by atoms with Crippen molar-refractivity contribution >= 4 is 0 Å². The fourth-order valence-electron chi connectivity index (χ4n) is 1.25. The standard InChI is InChI=1S/C13H14F3NO/c1-4-12(2,3)18-11-6-5-10(13(14,15)16)7-9(11)8-17/h5-7H,4H2,1-3H3. The van der Waals surface area contributed by atoms with Gasteiger partial charge in [0.2, 0.25) is 0 Å². The molecule has 0 aliphatic heterocycles. The van der Waals surface area contributed by atoms with Crippen molar-refractivity contribution in [1.29, 1.82) is 5.26 Å². The van der Waals surface area contributed by atoms with Crippen LogP contribution in [0.1, 0.15) is 38.3 Å². The van der Waals surface area contributed by atoms with E-state index in [1.165, 1.54) is 6.07 Å². The van der Waals surface area contributed by atoms with E-state index in [0.717, 1.165) is 12.1 Å². The Kier molecular flexibility index (Phi) is 3.90. The van der Waals surface area contributed by atoms with Crippen LogP contribution in [0.25, 0.3) is 0 Å². The summed E-state index contributed by atoms with van der Waals surface area (Å²) in [5.74, 6) is 0.178. The van der Waals surface area contributed by atoms with E-state index in [4.69, 9.17) is 10.00 Å². The lowest BCUT2D eigenvalue weighted by Gasteiger charge is -2.25. The summed E-state index contributed by atoms with van der Waals surface area (Å²) in [7, 11) is 0. The molecular weight excluding hydrogens is 243 g/mol. The van der Waals surface area contributed by atoms with Gasteiger partial charge in [-0.2, -0.15) is 18.4 Å². The minimum Gasteiger partial charge on any atom is -0.486 e. The molecule has 0 aliphatic carbocycles. The van der Waals surface area contributed by atoms with Gasteiger partial charge in [0.25, 0.3) is 0 Å². The molecule has 5 heteroatoms. The van der Waals surface area contributed by atoms with Crippen molar-refractivity contribution in [2.24, 2.45) is 0 Å². The van der Waals surface area contributed by atoms with E-state index in [9.17, 15) is 13.2 Å². The molecule has 0 spiro atoms. The summed E-state index contributed by atoms with van der Waals surface area (Å²) in [6.45, 7) is 5.52. The van der Waals surface area contributed by atoms with Crippen LogP contribution >= 0.6 is 0 Å². The number of hydrogen-bond acceptors (Lipinski definition) is 2. The highest BCUT2D eigenvalue weighted by Crippen LogP contribution is 2.33. The fourth-order valence-corrected chi connectivity index (χ4v) is 1.25. The van der Waals surface area contributed by atoms with Crippen LogP contribution in [0.5, 0.6) is 5.75 Å². The molecule has 0 saturated carbocycles. The Morgan fingerprint density at radius 3 is 2.33 bits per heavy atom. The minimum atomic E-state index is -4.45. The maximum absolute atomic E-state index is 12.5. The summed E-state index contributed by atoms with van der Waals surface area (Å²) in [5.41, 5.74) is -1.47. The third-order valence-electron chi connectivity index (χ3n) is 2.67. The summed E-state index contributed by atoms with van der Waals surface area (Å²) in [6.07, 6.45) is -3.77. The van der Waals surface area contributed by atoms with Crippen LogP contribution < -0.4 is 4.74 Å². The van der Waals surface area contributed by atoms with Crippen LogP contribution in [0.4, 0.5) is 13.2 Å². The van der Waals surface area contributed by atoms with E-state index in [1.54, 1.807) is 6.07 Å². The summed E-state index contributed by atoms with van der Waals surface area (Å²) < 4.78 is 43.0. The average Bonchev–Trinajstić information content (AvgIpc) is 2.27. The second kappa shape index (κ2) is 4.89. The Hall–Kier alpha value is -1.70. The van der Waals surface area contributed by atoms with Gasteiger partial charge < -0.3 is 4.74 Å². The smallest absolute Gasteiger partial charge is 0.416 e. The molecule has 0 radical (unpaired) electrons. The molecule has 0 atom stereocenters. The van der Waals surface area contributed by atoms with Gasteiger partial charge in [-0.1, -0.05) is 6.92 Å². The van der Waals surface area contributed by atoms with Crippen molar-refractivity contribution in [2.45, 2.75) is 39.0 Å². The van der Waals surface area contributed by atoms with Crippen molar-refractivity contribution in [3.05, 3.63) is 29.3 Å². The Balaban J connectivity index is 3.14. The number of halogens is 3. The second-order valence-electron chi connectivity index (χ2n) is 4.54. The lowest BCUT2D eigenvalue weighted by molar-refractivity contribution is -0.137. The number of rotatable bonds is 3. The molecule has 1 rings (SSSR count). The largest absolute Gasteiger partial charge is 0.486 e. The molecule has 18 heavy (non-hydrogen) atoms. The molecular formula is C13H14F3NO. The molecule has 98 valence electrons. The number of nitrogens with zero attached hydrogens (tertiary/aromatic N) is 1. The first-order valence-electron chi connectivity index (χ1n) is 5.50. The van der Waals surface area contributed by atoms with Gasteiger partial charge in [0.15, 0.2) is 0 Å². The van der Waals surface area contributed by atoms with Gasteiger partial charge in [-0.25, -0.2) is 0 Å². The van der Waals surface area contributed by atoms with Gasteiger partial charge >= 0.3 is 6.18 Å². The molecule has 1 aromatic carbocycles. The zero-order valence-corrected chi connectivity index (χ0v) is 10.4. The third-order valence-corrected chi connectivity index (χ3v) is 2.67. The number of nitriles is 1. The third kappa shape index (κ3) is 3.39. The second-order valence-corrected chi connectivity index (χ2v) is 4.54. The van der Waals surface area contributed by atoms with E-state index in [-0.39, 0.29) is 11.3 Å². The quantitative estimate of drug-likeness (QED) is 0.815. The molecule has 0 amide bonds. The Bertz CT molecular complexity index is 472. The molecule has 0 aromatic heterocycles. The summed E-state index contributed by atoms with van der Waals surface area (Å²) >= 11 is 0. The number of benzene rings is 1. The first kappa shape index (κ1) is 14.4. The van der Waals surface area contributed by atoms with E-state index in [2.05, 4.69) is 0 Å². The Labute approximate surface area is 104 Å². The van der Waals surface area contributed by atoms with Gasteiger partial charge in [-0.15, -0.1) is 0 Å². The monoisotopic (exact) mass is 257 g/mol. The van der Waals surface area contributed by atoms with Crippen molar-refractivity contribution in [1.82, 2.24) is 0 Å². The molecule has 0 heterocycles. The number of hydrogen-bond donors (Lipinski definition) is 0. The van der Waals surface area contributed by atoms with Gasteiger partial charge in [0, 0.05) is 0 Å². The van der Waals surface area contributed by atoms with Crippen molar-refractivity contribution in [2.75, 3.05) is 0 Å². The number of alkyl halides is 3. The molecule has 0 bridgehead atoms. The van der Waals surface area contributed by atoms with Crippen LogP contribution in [0.2, 0.25) is 0 Å². The molecule has 1 aromatic rings. The van der Waals surface area contributed by atoms with E-state index in [1.807, 2.05) is 20.8 Å². The molecule has 0 unspecified atom stereocenters. The zero-order chi connectivity index (χ0) is 14.0. The van der Waals surface area contributed by atoms with E-state index >= 15 is 0 Å². The molecule has 0 fully saturated rings. The van der Waals surface area contributed by atoms with E-state index < -0.39 is 17.3 Å². The average molecular weight is 257 g/mol. The van der Waals surface area contributed by atoms with Gasteiger partial charge in [0.1, 0.15) is 17.4 Å². The predicted molar refractivity (Wildman–Crippen MR) is 61.2 cm³/mol. The molecule has 0 aliphatic rings. The summed E-state index contributed by atoms with van der Waals surface area (Å²) in [6, 6.07) is 4.65. The van der Waals surface area contributed by atoms with Gasteiger partial charge in [-0.3, -0.25) is 0 Å². The van der Waals surface area contributed by atoms with Crippen LogP contribution in [-0.4, -0.2) is 5.60 Å². The summed E-state index contributed by atoms with van der Waals surface area (Å²) in [5, 5.41) is 8.88. The molecule has 0 saturated heterocycles. The topological polar surface area (TPSA) is 33.0 Å². The molecule has 2 nitrogen and oxygen atoms in total. The first-order chi connectivity index (χ1) is 8.19. The van der Waals surface area contributed by atoms with Gasteiger partial charge in [-0.05, 0) is 38.5 Å². The Morgan fingerprint density at radius 2 is 1.89 bits per heavy atom. The maximum Gasteiger partial charge on any atom is 0.416 e. The SMILES string of the molecule is CCC(C)(C)Oc1ccc(C(F)(F)F)cc1C#N. The zero-order valence-electron chi connectivity index (χ0n) is 10.4. The van der Waals surface area contributed by atoms with Crippen molar-refractivity contribution in [3.8, 4) is 11.8 Å². The minimum absolute atomic E-state index is 0.105. The highest BCUT2D eigenvalue weighted by atomic mass is 19.4. The lowest BCUT2D eigenvalue weighted by atomic mass is 10.1. The first-order valence-corrected chi connectivity index (χ1v) is 5.50. The maximum atomic E-state index is 12.5. The summed E-state index contributed by atoms with van der Waals surface area (Å²) in [4.78, 5) is 0. The van der Waals surface area contributed by atoms with Crippen LogP contribution in [0, 0.1) is 11.3 Å². The highest BCUT2D eigenvalue weighted by molar-refractivity contribution is 5.46. The van der Waals surface area contributed by atoms with Crippen molar-refractivity contribution in [3.63, 3.8) is 0 Å². The Morgan fingerprint density at radius 1 is 1.28 bits per heavy atom. The van der Waals surface area contributed by atoms with Crippen LogP contribution in [0.3, 0.4) is 0 Å².